The topological polar surface area (TPSA) is 81.7 Å². The van der Waals surface area contributed by atoms with Crippen LogP contribution < -0.4 is 10.6 Å². The van der Waals surface area contributed by atoms with Gasteiger partial charge in [-0.2, -0.15) is 0 Å². The molecular weight excluding hydrogens is 330 g/mol. The van der Waals surface area contributed by atoms with Crippen LogP contribution in [-0.2, 0) is 11.2 Å². The molecule has 2 rings (SSSR count). The molecule has 26 heavy (non-hydrogen) atoms. The lowest BCUT2D eigenvalue weighted by Crippen LogP contribution is -2.45. The van der Waals surface area contributed by atoms with Gasteiger partial charge in [-0.25, -0.2) is 4.79 Å². The van der Waals surface area contributed by atoms with Gasteiger partial charge in [-0.1, -0.05) is 37.3 Å². The summed E-state index contributed by atoms with van der Waals surface area (Å²) in [4.78, 5) is 25.6. The van der Waals surface area contributed by atoms with Crippen molar-refractivity contribution in [2.75, 3.05) is 26.2 Å². The van der Waals surface area contributed by atoms with Crippen LogP contribution in [0.2, 0.25) is 0 Å². The predicted octanol–water partition coefficient (Wildman–Crippen LogP) is 2.49. The second-order valence-corrected chi connectivity index (χ2v) is 7.13. The Morgan fingerprint density at radius 1 is 1.31 bits per heavy atom. The third-order valence-corrected chi connectivity index (χ3v) is 4.83. The minimum Gasteiger partial charge on any atom is -0.481 e. The van der Waals surface area contributed by atoms with Crippen LogP contribution in [0, 0.1) is 5.92 Å². The second-order valence-electron chi connectivity index (χ2n) is 7.13. The molecule has 1 aromatic rings. The van der Waals surface area contributed by atoms with Crippen LogP contribution in [0.15, 0.2) is 30.3 Å². The third kappa shape index (κ3) is 7.44. The van der Waals surface area contributed by atoms with E-state index in [1.54, 1.807) is 0 Å². The molecule has 2 unspecified atom stereocenters. The number of carbonyl (C=O) groups is 2. The van der Waals surface area contributed by atoms with E-state index in [-0.39, 0.29) is 18.5 Å². The average molecular weight is 361 g/mol. The summed E-state index contributed by atoms with van der Waals surface area (Å²) >= 11 is 0. The summed E-state index contributed by atoms with van der Waals surface area (Å²) in [5.41, 5.74) is 1.09. The molecule has 2 amide bonds. The fourth-order valence-corrected chi connectivity index (χ4v) is 3.49. The zero-order valence-corrected chi connectivity index (χ0v) is 15.6. The molecule has 6 nitrogen and oxygen atoms in total. The number of rotatable bonds is 10. The van der Waals surface area contributed by atoms with E-state index in [0.717, 1.165) is 38.0 Å². The minimum absolute atomic E-state index is 0.0480. The van der Waals surface area contributed by atoms with Crippen molar-refractivity contribution in [2.24, 2.45) is 5.92 Å². The Balaban J connectivity index is 1.78. The van der Waals surface area contributed by atoms with Crippen LogP contribution in [0.1, 0.15) is 38.2 Å². The van der Waals surface area contributed by atoms with Gasteiger partial charge in [0.15, 0.2) is 0 Å². The van der Waals surface area contributed by atoms with E-state index in [9.17, 15) is 9.59 Å². The molecule has 1 aliphatic rings. The van der Waals surface area contributed by atoms with Crippen molar-refractivity contribution >= 4 is 12.0 Å². The Morgan fingerprint density at radius 2 is 2.08 bits per heavy atom. The molecule has 0 spiro atoms. The van der Waals surface area contributed by atoms with Crippen molar-refractivity contribution in [3.63, 3.8) is 0 Å². The number of urea groups is 1. The quantitative estimate of drug-likeness (QED) is 0.598. The number of amides is 2. The summed E-state index contributed by atoms with van der Waals surface area (Å²) in [6.45, 7) is 6.13. The lowest BCUT2D eigenvalue weighted by molar-refractivity contribution is -0.137. The maximum absolute atomic E-state index is 12.3. The molecule has 2 atom stereocenters. The first kappa shape index (κ1) is 20.2. The Labute approximate surface area is 156 Å². The molecule has 0 aliphatic carbocycles. The van der Waals surface area contributed by atoms with Gasteiger partial charge in [-0.05, 0) is 50.3 Å². The molecule has 144 valence electrons. The van der Waals surface area contributed by atoms with Crippen molar-refractivity contribution in [1.29, 1.82) is 0 Å². The maximum atomic E-state index is 12.3. The Hall–Kier alpha value is -2.08. The normalized spacial score (nSPS) is 18.4. The number of aliphatic carboxylic acids is 1. The summed E-state index contributed by atoms with van der Waals surface area (Å²) < 4.78 is 0. The summed E-state index contributed by atoms with van der Waals surface area (Å²) in [5.74, 6) is -0.342. The number of nitrogens with zero attached hydrogens (tertiary/aromatic N) is 1. The zero-order valence-electron chi connectivity index (χ0n) is 15.6. The molecule has 3 N–H and O–H groups in total. The van der Waals surface area contributed by atoms with Gasteiger partial charge >= 0.3 is 12.0 Å². The van der Waals surface area contributed by atoms with E-state index >= 15 is 0 Å². The van der Waals surface area contributed by atoms with E-state index in [1.165, 1.54) is 0 Å². The van der Waals surface area contributed by atoms with Gasteiger partial charge in [0.25, 0.3) is 0 Å². The first-order valence-electron chi connectivity index (χ1n) is 9.59. The number of hydrogen-bond donors (Lipinski definition) is 3. The first-order valence-corrected chi connectivity index (χ1v) is 9.59. The van der Waals surface area contributed by atoms with Crippen LogP contribution in [0.5, 0.6) is 0 Å². The third-order valence-electron chi connectivity index (χ3n) is 4.83. The van der Waals surface area contributed by atoms with Crippen molar-refractivity contribution in [3.8, 4) is 0 Å². The predicted molar refractivity (Wildman–Crippen MR) is 102 cm³/mol. The van der Waals surface area contributed by atoms with E-state index in [1.807, 2.05) is 30.3 Å². The zero-order chi connectivity index (χ0) is 18.8. The number of likely N-dealkylation sites (tertiary alicyclic amines) is 1. The van der Waals surface area contributed by atoms with E-state index in [2.05, 4.69) is 22.5 Å². The molecule has 0 aromatic heterocycles. The standard InChI is InChI=1S/C20H31N3O3/c1-2-11-23-12-10-17(15-23)14-21-20(26)22-18(8-9-19(24)25)13-16-6-4-3-5-7-16/h3-7,17-18H,2,8-15H2,1H3,(H,24,25)(H2,21,22,26). The molecular formula is C20H31N3O3. The van der Waals surface area contributed by atoms with Gasteiger partial charge in [-0.3, -0.25) is 4.79 Å². The monoisotopic (exact) mass is 361 g/mol. The highest BCUT2D eigenvalue weighted by atomic mass is 16.4. The lowest BCUT2D eigenvalue weighted by Gasteiger charge is -2.20. The SMILES string of the molecule is CCCN1CCC(CNC(=O)NC(CCC(=O)O)Cc2ccccc2)C1. The molecule has 1 aromatic carbocycles. The summed E-state index contributed by atoms with van der Waals surface area (Å²) in [5, 5.41) is 14.9. The number of hydrogen-bond acceptors (Lipinski definition) is 3. The van der Waals surface area contributed by atoms with E-state index in [4.69, 9.17) is 5.11 Å². The van der Waals surface area contributed by atoms with Crippen LogP contribution in [-0.4, -0.2) is 54.2 Å². The fourth-order valence-electron chi connectivity index (χ4n) is 3.49. The molecule has 0 saturated carbocycles. The highest BCUT2D eigenvalue weighted by Gasteiger charge is 2.22. The van der Waals surface area contributed by atoms with Gasteiger partial charge in [0, 0.05) is 25.6 Å². The Morgan fingerprint density at radius 3 is 2.77 bits per heavy atom. The Bertz CT molecular complexity index is 565. The molecule has 1 fully saturated rings. The highest BCUT2D eigenvalue weighted by molar-refractivity contribution is 5.74. The van der Waals surface area contributed by atoms with Crippen LogP contribution >= 0.6 is 0 Å². The van der Waals surface area contributed by atoms with Crippen LogP contribution in [0.4, 0.5) is 4.79 Å². The second kappa shape index (κ2) is 10.8. The number of carbonyl (C=O) groups excluding carboxylic acids is 1. The summed E-state index contributed by atoms with van der Waals surface area (Å²) in [6, 6.07) is 9.44. The van der Waals surface area contributed by atoms with E-state index in [0.29, 0.717) is 25.3 Å². The maximum Gasteiger partial charge on any atom is 0.315 e. The first-order chi connectivity index (χ1) is 12.6. The average Bonchev–Trinajstić information content (AvgIpc) is 3.07. The molecule has 1 heterocycles. The van der Waals surface area contributed by atoms with Crippen LogP contribution in [0.25, 0.3) is 0 Å². The van der Waals surface area contributed by atoms with Crippen molar-refractivity contribution in [3.05, 3.63) is 35.9 Å². The van der Waals surface area contributed by atoms with Gasteiger partial charge in [0.05, 0.1) is 0 Å². The van der Waals surface area contributed by atoms with Crippen LogP contribution in [0.3, 0.4) is 0 Å². The van der Waals surface area contributed by atoms with Gasteiger partial charge in [0.2, 0.25) is 0 Å². The van der Waals surface area contributed by atoms with E-state index < -0.39 is 5.97 Å². The highest BCUT2D eigenvalue weighted by Crippen LogP contribution is 2.15. The van der Waals surface area contributed by atoms with Crippen molar-refractivity contribution in [1.82, 2.24) is 15.5 Å². The number of benzene rings is 1. The smallest absolute Gasteiger partial charge is 0.315 e. The Kier molecular flexibility index (Phi) is 8.41. The largest absolute Gasteiger partial charge is 0.481 e. The molecule has 1 saturated heterocycles. The lowest BCUT2D eigenvalue weighted by atomic mass is 10.0. The summed E-state index contributed by atoms with van der Waals surface area (Å²) in [7, 11) is 0. The minimum atomic E-state index is -0.841. The number of carboxylic acid groups (broad SMARTS) is 1. The fraction of sp³-hybridized carbons (Fsp3) is 0.600. The molecule has 1 aliphatic heterocycles. The van der Waals surface area contributed by atoms with Gasteiger partial charge < -0.3 is 20.6 Å². The number of nitrogens with one attached hydrogen (secondary N) is 2. The summed E-state index contributed by atoms with van der Waals surface area (Å²) in [6.07, 6.45) is 3.38. The van der Waals surface area contributed by atoms with Gasteiger partial charge in [0.1, 0.15) is 0 Å². The molecule has 0 radical (unpaired) electrons. The van der Waals surface area contributed by atoms with Gasteiger partial charge in [-0.15, -0.1) is 0 Å². The number of carboxylic acids is 1. The molecule has 0 bridgehead atoms. The van der Waals surface area contributed by atoms with Crippen molar-refractivity contribution in [2.45, 2.75) is 45.1 Å². The van der Waals surface area contributed by atoms with Crippen molar-refractivity contribution < 1.29 is 14.7 Å². The molecule has 6 heteroatoms.